The number of aryl methyl sites for hydroxylation is 1. The van der Waals surface area contributed by atoms with Crippen molar-refractivity contribution in [2.75, 3.05) is 17.2 Å². The smallest absolute Gasteiger partial charge is 0.416 e. The first kappa shape index (κ1) is 22.1. The number of rotatable bonds is 7. The Morgan fingerprint density at radius 2 is 1.81 bits per heavy atom. The summed E-state index contributed by atoms with van der Waals surface area (Å²) in [5.74, 6) is 1.12. The van der Waals surface area contributed by atoms with Gasteiger partial charge in [0.1, 0.15) is 17.9 Å². The van der Waals surface area contributed by atoms with Crippen molar-refractivity contribution in [1.82, 2.24) is 9.97 Å². The molecule has 0 aliphatic rings. The molecule has 1 amide bonds. The van der Waals surface area contributed by atoms with Crippen LogP contribution in [0.1, 0.15) is 23.6 Å². The molecule has 0 spiro atoms. The van der Waals surface area contributed by atoms with Gasteiger partial charge in [-0.3, -0.25) is 4.79 Å². The number of ether oxygens (including phenoxy) is 1. The maximum absolute atomic E-state index is 13.0. The molecule has 2 N–H and O–H groups in total. The highest BCUT2D eigenvalue weighted by molar-refractivity contribution is 5.92. The predicted molar refractivity (Wildman–Crippen MR) is 111 cm³/mol. The van der Waals surface area contributed by atoms with Gasteiger partial charge in [0.2, 0.25) is 11.8 Å². The van der Waals surface area contributed by atoms with Crippen LogP contribution in [0.3, 0.4) is 0 Å². The van der Waals surface area contributed by atoms with Crippen LogP contribution in [-0.2, 0) is 17.4 Å². The van der Waals surface area contributed by atoms with Crippen molar-refractivity contribution in [2.45, 2.75) is 26.4 Å². The van der Waals surface area contributed by atoms with Crippen molar-refractivity contribution >= 4 is 17.4 Å². The number of hydrogen-bond donors (Lipinski definition) is 2. The topological polar surface area (TPSA) is 76.1 Å². The third-order valence-electron chi connectivity index (χ3n) is 4.34. The first-order valence-corrected chi connectivity index (χ1v) is 9.55. The molecule has 6 nitrogen and oxygen atoms in total. The van der Waals surface area contributed by atoms with E-state index in [4.69, 9.17) is 4.74 Å². The summed E-state index contributed by atoms with van der Waals surface area (Å²) < 4.78 is 44.8. The van der Waals surface area contributed by atoms with Crippen molar-refractivity contribution in [1.29, 1.82) is 0 Å². The number of aromatic nitrogens is 2. The molecule has 1 heterocycles. The Morgan fingerprint density at radius 1 is 1.06 bits per heavy atom. The van der Waals surface area contributed by atoms with Gasteiger partial charge in [-0.05, 0) is 49.2 Å². The standard InChI is InChI=1S/C22H21F3N4O2/c1-3-26-19-12-21(28-13-27-19)31-17-8-5-15(6-9-17)10-20(30)29-16-7-4-14(2)18(11-16)22(23,24)25/h4-9,11-13H,3,10H2,1-2H3,(H,29,30)(H,26,27,28). The fourth-order valence-corrected chi connectivity index (χ4v) is 2.86. The van der Waals surface area contributed by atoms with Crippen molar-refractivity contribution in [3.8, 4) is 11.6 Å². The molecule has 0 aliphatic heterocycles. The number of nitrogens with zero attached hydrogens (tertiary/aromatic N) is 2. The first-order valence-electron chi connectivity index (χ1n) is 9.55. The molecule has 0 saturated carbocycles. The highest BCUT2D eigenvalue weighted by atomic mass is 19.4. The highest BCUT2D eigenvalue weighted by Crippen LogP contribution is 2.33. The van der Waals surface area contributed by atoms with Gasteiger partial charge in [0.25, 0.3) is 0 Å². The van der Waals surface area contributed by atoms with Crippen molar-refractivity contribution in [3.63, 3.8) is 0 Å². The molecular formula is C22H21F3N4O2. The molecule has 0 radical (unpaired) electrons. The van der Waals surface area contributed by atoms with Crippen LogP contribution in [0.25, 0.3) is 0 Å². The molecule has 2 aromatic carbocycles. The van der Waals surface area contributed by atoms with Gasteiger partial charge in [0.05, 0.1) is 12.0 Å². The molecule has 0 saturated heterocycles. The molecule has 0 bridgehead atoms. The summed E-state index contributed by atoms with van der Waals surface area (Å²) in [6, 6.07) is 12.2. The van der Waals surface area contributed by atoms with Crippen molar-refractivity contribution in [3.05, 3.63) is 71.5 Å². The molecule has 3 rings (SSSR count). The lowest BCUT2D eigenvalue weighted by Gasteiger charge is -2.13. The molecule has 0 aliphatic carbocycles. The van der Waals surface area contributed by atoms with Crippen LogP contribution in [0.5, 0.6) is 11.6 Å². The highest BCUT2D eigenvalue weighted by Gasteiger charge is 2.32. The average Bonchev–Trinajstić information content (AvgIpc) is 2.71. The van der Waals surface area contributed by atoms with Crippen molar-refractivity contribution in [2.24, 2.45) is 0 Å². The Balaban J connectivity index is 1.61. The zero-order chi connectivity index (χ0) is 22.4. The second-order valence-corrected chi connectivity index (χ2v) is 6.77. The Bertz CT molecular complexity index is 1050. The summed E-state index contributed by atoms with van der Waals surface area (Å²) in [5, 5.41) is 5.57. The van der Waals surface area contributed by atoms with Crippen LogP contribution in [0.15, 0.2) is 54.9 Å². The first-order chi connectivity index (χ1) is 14.7. The van der Waals surface area contributed by atoms with E-state index in [1.807, 2.05) is 6.92 Å². The summed E-state index contributed by atoms with van der Waals surface area (Å²) in [5.41, 5.74) is 0.114. The number of hydrogen-bond acceptors (Lipinski definition) is 5. The molecule has 9 heteroatoms. The number of halogens is 3. The number of amides is 1. The molecule has 0 atom stereocenters. The second kappa shape index (κ2) is 9.46. The number of carbonyl (C=O) groups is 1. The number of carbonyl (C=O) groups excluding carboxylic acids is 1. The molecule has 1 aromatic heterocycles. The van der Waals surface area contributed by atoms with Gasteiger partial charge in [-0.15, -0.1) is 0 Å². The normalized spacial score (nSPS) is 11.1. The predicted octanol–water partition coefficient (Wildman–Crippen LogP) is 5.21. The van der Waals surface area contributed by atoms with E-state index in [2.05, 4.69) is 20.6 Å². The van der Waals surface area contributed by atoms with Gasteiger partial charge < -0.3 is 15.4 Å². The molecule has 3 aromatic rings. The Labute approximate surface area is 177 Å². The van der Waals surface area contributed by atoms with Crippen LogP contribution >= 0.6 is 0 Å². The van der Waals surface area contributed by atoms with E-state index in [1.165, 1.54) is 25.4 Å². The second-order valence-electron chi connectivity index (χ2n) is 6.77. The van der Waals surface area contributed by atoms with Gasteiger partial charge in [-0.1, -0.05) is 18.2 Å². The monoisotopic (exact) mass is 430 g/mol. The van der Waals surface area contributed by atoms with E-state index in [9.17, 15) is 18.0 Å². The molecule has 0 fully saturated rings. The fraction of sp³-hybridized carbons (Fsp3) is 0.227. The lowest BCUT2D eigenvalue weighted by Crippen LogP contribution is -2.15. The van der Waals surface area contributed by atoms with Gasteiger partial charge in [-0.2, -0.15) is 13.2 Å². The van der Waals surface area contributed by atoms with E-state index in [0.717, 1.165) is 6.07 Å². The zero-order valence-electron chi connectivity index (χ0n) is 17.0. The van der Waals surface area contributed by atoms with E-state index < -0.39 is 17.6 Å². The van der Waals surface area contributed by atoms with E-state index in [0.29, 0.717) is 29.6 Å². The number of anilines is 2. The summed E-state index contributed by atoms with van der Waals surface area (Å²) in [6.45, 7) is 4.04. The summed E-state index contributed by atoms with van der Waals surface area (Å²) in [6.07, 6.45) is -3.08. The lowest BCUT2D eigenvalue weighted by molar-refractivity contribution is -0.138. The van der Waals surface area contributed by atoms with Gasteiger partial charge >= 0.3 is 6.18 Å². The SMILES string of the molecule is CCNc1cc(Oc2ccc(CC(=O)Nc3ccc(C)c(C(F)(F)F)c3)cc2)ncn1. The van der Waals surface area contributed by atoms with Gasteiger partial charge in [0.15, 0.2) is 0 Å². The largest absolute Gasteiger partial charge is 0.439 e. The zero-order valence-corrected chi connectivity index (χ0v) is 17.0. The minimum atomic E-state index is -4.47. The van der Waals surface area contributed by atoms with Gasteiger partial charge in [-0.25, -0.2) is 9.97 Å². The van der Waals surface area contributed by atoms with Crippen LogP contribution in [0.4, 0.5) is 24.7 Å². The molecule has 0 unspecified atom stereocenters. The molecular weight excluding hydrogens is 409 g/mol. The van der Waals surface area contributed by atoms with Crippen LogP contribution in [0, 0.1) is 6.92 Å². The number of benzene rings is 2. The minimum Gasteiger partial charge on any atom is -0.439 e. The number of nitrogens with one attached hydrogen (secondary N) is 2. The Kier molecular flexibility index (Phi) is 6.74. The molecule has 162 valence electrons. The molecule has 31 heavy (non-hydrogen) atoms. The van der Waals surface area contributed by atoms with E-state index in [-0.39, 0.29) is 17.7 Å². The Hall–Kier alpha value is -3.62. The third-order valence-corrected chi connectivity index (χ3v) is 4.34. The summed E-state index contributed by atoms with van der Waals surface area (Å²) in [7, 11) is 0. The summed E-state index contributed by atoms with van der Waals surface area (Å²) in [4.78, 5) is 20.4. The minimum absolute atomic E-state index is 0.00752. The van der Waals surface area contributed by atoms with E-state index in [1.54, 1.807) is 30.3 Å². The summed E-state index contributed by atoms with van der Waals surface area (Å²) >= 11 is 0. The van der Waals surface area contributed by atoms with Crippen molar-refractivity contribution < 1.29 is 22.7 Å². The quantitative estimate of drug-likeness (QED) is 0.538. The average molecular weight is 430 g/mol. The van der Waals surface area contributed by atoms with Crippen LogP contribution in [-0.4, -0.2) is 22.4 Å². The maximum atomic E-state index is 13.0. The maximum Gasteiger partial charge on any atom is 0.416 e. The van der Waals surface area contributed by atoms with Gasteiger partial charge in [0, 0.05) is 18.3 Å². The fourth-order valence-electron chi connectivity index (χ4n) is 2.86. The lowest BCUT2D eigenvalue weighted by atomic mass is 10.1. The Morgan fingerprint density at radius 3 is 2.48 bits per heavy atom. The van der Waals surface area contributed by atoms with Crippen LogP contribution < -0.4 is 15.4 Å². The third kappa shape index (κ3) is 6.18. The van der Waals surface area contributed by atoms with Crippen LogP contribution in [0.2, 0.25) is 0 Å². The van der Waals surface area contributed by atoms with E-state index >= 15 is 0 Å². The number of alkyl halides is 3.